The van der Waals surface area contributed by atoms with Gasteiger partial charge in [-0.05, 0) is 13.5 Å². The first-order valence-electron chi connectivity index (χ1n) is 14.3. The normalized spacial score (nSPS) is 52.8. The lowest BCUT2D eigenvalue weighted by Gasteiger charge is -2.47. The molecule has 252 valence electrons. The molecule has 1 aliphatic carbocycles. The molecule has 0 aromatic rings. The molecule has 3 saturated heterocycles. The number of likely N-dealkylation sites (N-methyl/N-ethyl adjacent to an activating group) is 1. The molecule has 1 saturated carbocycles. The van der Waals surface area contributed by atoms with E-state index in [1.54, 1.807) is 7.05 Å². The smallest absolute Gasteiger partial charge is 0.187 e. The number of hydrogen-bond acceptors (Lipinski definition) is 19. The van der Waals surface area contributed by atoms with Crippen LogP contribution in [0.4, 0.5) is 0 Å². The van der Waals surface area contributed by atoms with Crippen molar-refractivity contribution >= 4 is 0 Å². The Balaban J connectivity index is 1.50. The minimum Gasteiger partial charge on any atom is -0.394 e. The molecule has 0 bridgehead atoms. The second-order valence-corrected chi connectivity index (χ2v) is 11.6. The number of hydrogen-bond donors (Lipinski definition) is 13. The summed E-state index contributed by atoms with van der Waals surface area (Å²) in [5.74, 6) is 0. The van der Waals surface area contributed by atoms with Crippen LogP contribution in [0.5, 0.6) is 0 Å². The van der Waals surface area contributed by atoms with Crippen LogP contribution in [0.3, 0.4) is 0 Å². The average Bonchev–Trinajstić information content (AvgIpc) is 3.28. The summed E-state index contributed by atoms with van der Waals surface area (Å²) in [6, 6.07) is -4.13. The lowest BCUT2D eigenvalue weighted by molar-refractivity contribution is -0.307. The van der Waals surface area contributed by atoms with Crippen LogP contribution in [0.1, 0.15) is 6.42 Å². The third kappa shape index (κ3) is 7.15. The highest BCUT2D eigenvalue weighted by molar-refractivity contribution is 5.02. The summed E-state index contributed by atoms with van der Waals surface area (Å²) in [7, 11) is 1.63. The number of ether oxygens (including phenoxy) is 6. The lowest BCUT2D eigenvalue weighted by Crippen LogP contribution is -2.68. The second-order valence-electron chi connectivity index (χ2n) is 11.6. The van der Waals surface area contributed by atoms with Gasteiger partial charge in [0, 0.05) is 25.2 Å². The van der Waals surface area contributed by atoms with Gasteiger partial charge in [-0.25, -0.2) is 0 Å². The van der Waals surface area contributed by atoms with Crippen molar-refractivity contribution in [3.63, 3.8) is 0 Å². The Morgan fingerprint density at radius 1 is 0.628 bits per heavy atom. The van der Waals surface area contributed by atoms with E-state index < -0.39 is 123 Å². The van der Waals surface area contributed by atoms with E-state index in [9.17, 15) is 35.7 Å². The van der Waals surface area contributed by atoms with E-state index in [0.717, 1.165) is 0 Å². The fraction of sp³-hybridized carbons (Fsp3) is 1.00. The van der Waals surface area contributed by atoms with Gasteiger partial charge < -0.3 is 98.2 Å². The molecular weight excluding hydrogens is 580 g/mol. The minimum absolute atomic E-state index is 0.102. The zero-order valence-corrected chi connectivity index (χ0v) is 23.8. The highest BCUT2D eigenvalue weighted by atomic mass is 16.8. The van der Waals surface area contributed by atoms with E-state index >= 15 is 0 Å². The number of aliphatic hydroxyl groups is 7. The van der Waals surface area contributed by atoms with Crippen molar-refractivity contribution in [3.05, 3.63) is 0 Å². The van der Waals surface area contributed by atoms with Crippen LogP contribution in [-0.4, -0.2) is 179 Å². The molecule has 0 aromatic carbocycles. The van der Waals surface area contributed by atoms with Gasteiger partial charge in [-0.1, -0.05) is 0 Å². The van der Waals surface area contributed by atoms with Crippen LogP contribution in [0.25, 0.3) is 0 Å². The predicted octanol–water partition coefficient (Wildman–Crippen LogP) is -8.63. The Labute approximate surface area is 248 Å². The Hall–Kier alpha value is -0.760. The number of aliphatic hydroxyl groups excluding tert-OH is 7. The molecule has 4 rings (SSSR count). The van der Waals surface area contributed by atoms with Gasteiger partial charge in [0.1, 0.15) is 67.1 Å². The fourth-order valence-corrected chi connectivity index (χ4v) is 5.92. The highest BCUT2D eigenvalue weighted by Crippen LogP contribution is 2.34. The van der Waals surface area contributed by atoms with E-state index in [0.29, 0.717) is 0 Å². The SMILES string of the molecule is CNC[C@H]1O[C@H](O[C@H]2[C@H](O[C@@H]3O[C@H](CO)[C@@H](O[C@H]4O[C@@H](CN)[C@@H](O)[C@H](O)[C@H]4N)[C@H]3O)[C@@H](O)[C@H](N)C[C@@H]2N)[C@H](N)[C@@H](O)[C@@H]1O. The largest absolute Gasteiger partial charge is 0.394 e. The molecule has 3 heterocycles. The van der Waals surface area contributed by atoms with E-state index in [2.05, 4.69) is 5.32 Å². The molecular formula is C24H48N6O13. The van der Waals surface area contributed by atoms with E-state index in [1.165, 1.54) is 0 Å². The van der Waals surface area contributed by atoms with Crippen LogP contribution in [-0.2, 0) is 28.4 Å². The van der Waals surface area contributed by atoms with Crippen LogP contribution < -0.4 is 34.0 Å². The highest BCUT2D eigenvalue weighted by Gasteiger charge is 2.54. The summed E-state index contributed by atoms with van der Waals surface area (Å²) in [6.45, 7) is -0.637. The first kappa shape index (κ1) is 35.1. The summed E-state index contributed by atoms with van der Waals surface area (Å²) in [5, 5.41) is 76.3. The van der Waals surface area contributed by atoms with Gasteiger partial charge in [0.05, 0.1) is 24.8 Å². The fourth-order valence-electron chi connectivity index (χ4n) is 5.92. The van der Waals surface area contributed by atoms with Crippen LogP contribution in [0, 0.1) is 0 Å². The van der Waals surface area contributed by atoms with Gasteiger partial charge in [-0.2, -0.15) is 0 Å². The van der Waals surface area contributed by atoms with Crippen molar-refractivity contribution < 1.29 is 64.2 Å². The van der Waals surface area contributed by atoms with E-state index in [1.807, 2.05) is 0 Å². The van der Waals surface area contributed by atoms with Crippen molar-refractivity contribution in [3.8, 4) is 0 Å². The first-order valence-corrected chi connectivity index (χ1v) is 14.3. The first-order chi connectivity index (χ1) is 20.3. The maximum atomic E-state index is 11.1. The van der Waals surface area contributed by atoms with Gasteiger partial charge in [0.2, 0.25) is 0 Å². The molecule has 3 aliphatic heterocycles. The molecule has 18 N–H and O–H groups in total. The summed E-state index contributed by atoms with van der Waals surface area (Å²) in [6.07, 6.45) is -19.4. The van der Waals surface area contributed by atoms with Crippen molar-refractivity contribution in [1.29, 1.82) is 0 Å². The zero-order chi connectivity index (χ0) is 31.7. The molecule has 43 heavy (non-hydrogen) atoms. The number of rotatable bonds is 10. The number of nitrogens with two attached hydrogens (primary N) is 5. The average molecular weight is 629 g/mol. The van der Waals surface area contributed by atoms with Gasteiger partial charge in [0.25, 0.3) is 0 Å². The maximum absolute atomic E-state index is 11.1. The summed E-state index contributed by atoms with van der Waals surface area (Å²) in [5.41, 5.74) is 30.1. The van der Waals surface area contributed by atoms with Crippen molar-refractivity contribution in [2.75, 3.05) is 26.7 Å². The van der Waals surface area contributed by atoms with E-state index in [4.69, 9.17) is 57.1 Å². The van der Waals surface area contributed by atoms with Gasteiger partial charge in [-0.15, -0.1) is 0 Å². The standard InChI is InChI=1S/C24H48N6O13/c1-30-4-9-15(34)17(36)12(29)23(39-9)41-19-7(27)2-6(26)13(32)21(19)43-24-18(37)20(10(5-31)40-24)42-22-11(28)16(35)14(33)8(3-25)38-22/h6-24,30-37H,2-5,25-29H2,1H3/t6-,7+,8+,9-,10-,11-,12-,13+,14-,15-,16-,17-,18-,19-,20-,21-,22-,23-,24+/m1/s1. The third-order valence-corrected chi connectivity index (χ3v) is 8.54. The Bertz CT molecular complexity index is 886. The summed E-state index contributed by atoms with van der Waals surface area (Å²) < 4.78 is 35.0. The monoisotopic (exact) mass is 628 g/mol. The molecule has 19 nitrogen and oxygen atoms in total. The molecule has 0 radical (unpaired) electrons. The van der Waals surface area contributed by atoms with Gasteiger partial charge >= 0.3 is 0 Å². The molecule has 19 heteroatoms. The van der Waals surface area contributed by atoms with Crippen molar-refractivity contribution in [2.45, 2.75) is 123 Å². The molecule has 19 atom stereocenters. The third-order valence-electron chi connectivity index (χ3n) is 8.54. The Kier molecular flexibility index (Phi) is 12.1. The molecule has 0 spiro atoms. The van der Waals surface area contributed by atoms with Gasteiger partial charge in [-0.3, -0.25) is 0 Å². The summed E-state index contributed by atoms with van der Waals surface area (Å²) >= 11 is 0. The molecule has 4 aliphatic rings. The van der Waals surface area contributed by atoms with E-state index in [-0.39, 0.29) is 19.5 Å². The predicted molar refractivity (Wildman–Crippen MR) is 143 cm³/mol. The lowest BCUT2D eigenvalue weighted by atomic mass is 9.84. The summed E-state index contributed by atoms with van der Waals surface area (Å²) in [4.78, 5) is 0. The van der Waals surface area contributed by atoms with Gasteiger partial charge in [0.15, 0.2) is 18.9 Å². The van der Waals surface area contributed by atoms with Crippen LogP contribution >= 0.6 is 0 Å². The van der Waals surface area contributed by atoms with Crippen molar-refractivity contribution in [1.82, 2.24) is 5.32 Å². The molecule has 4 fully saturated rings. The zero-order valence-electron chi connectivity index (χ0n) is 23.8. The molecule has 0 unspecified atom stereocenters. The number of nitrogens with one attached hydrogen (secondary N) is 1. The second kappa shape index (κ2) is 14.8. The topological polar surface area (TPSA) is 339 Å². The maximum Gasteiger partial charge on any atom is 0.187 e. The Morgan fingerprint density at radius 2 is 1.14 bits per heavy atom. The quantitative estimate of drug-likeness (QED) is 0.107. The van der Waals surface area contributed by atoms with Crippen LogP contribution in [0.15, 0.2) is 0 Å². The van der Waals surface area contributed by atoms with Crippen molar-refractivity contribution in [2.24, 2.45) is 28.7 Å². The minimum atomic E-state index is -1.60. The van der Waals surface area contributed by atoms with Crippen LogP contribution in [0.2, 0.25) is 0 Å². The molecule has 0 aromatic heterocycles. The Morgan fingerprint density at radius 3 is 1.70 bits per heavy atom. The molecule has 0 amide bonds.